The van der Waals surface area contributed by atoms with Crippen LogP contribution < -0.4 is 0 Å². The van der Waals surface area contributed by atoms with Crippen LogP contribution >= 0.6 is 0 Å². The van der Waals surface area contributed by atoms with Crippen LogP contribution in [0.15, 0.2) is 0 Å². The van der Waals surface area contributed by atoms with Crippen molar-refractivity contribution in [3.63, 3.8) is 0 Å². The Kier molecular flexibility index (Phi) is 6.19. The van der Waals surface area contributed by atoms with E-state index in [2.05, 4.69) is 27.9 Å². The van der Waals surface area contributed by atoms with E-state index < -0.39 is 0 Å². The van der Waals surface area contributed by atoms with Gasteiger partial charge in [0.25, 0.3) is 0 Å². The summed E-state index contributed by atoms with van der Waals surface area (Å²) in [6, 6.07) is 0. The number of nitrogens with zero attached hydrogens (tertiary/aromatic N) is 1. The van der Waals surface area contributed by atoms with Crippen LogP contribution in [0.25, 0.3) is 0 Å². The minimum absolute atomic E-state index is 0. The van der Waals surface area contributed by atoms with Gasteiger partial charge in [0.15, 0.2) is 0 Å². The summed E-state index contributed by atoms with van der Waals surface area (Å²) >= 11 is 0. The summed E-state index contributed by atoms with van der Waals surface area (Å²) in [6.45, 7) is 7.01. The number of rotatable bonds is 3. The molecule has 0 spiro atoms. The lowest BCUT2D eigenvalue weighted by molar-refractivity contribution is -0.888. The van der Waals surface area contributed by atoms with Gasteiger partial charge in [-0.1, -0.05) is 6.92 Å². The topological polar surface area (TPSA) is 30.0 Å². The Bertz CT molecular complexity index is 61.9. The van der Waals surface area contributed by atoms with Crippen LogP contribution in [0.3, 0.4) is 0 Å². The number of quaternary nitrogens is 1. The lowest BCUT2D eigenvalue weighted by Gasteiger charge is -2.27. The first-order valence-electron chi connectivity index (χ1n) is 3.44. The van der Waals surface area contributed by atoms with Crippen molar-refractivity contribution < 1.29 is 9.96 Å². The van der Waals surface area contributed by atoms with Gasteiger partial charge in [-0.25, -0.2) is 0 Å². The molecule has 0 heterocycles. The third kappa shape index (κ3) is 5.80. The van der Waals surface area contributed by atoms with Crippen LogP contribution in [0.1, 0.15) is 20.3 Å². The fourth-order valence-corrected chi connectivity index (χ4v) is 0.763. The molecule has 2 nitrogen and oxygen atoms in total. The van der Waals surface area contributed by atoms with E-state index in [1.807, 2.05) is 0 Å². The van der Waals surface area contributed by atoms with Gasteiger partial charge in [-0.3, -0.25) is 0 Å². The van der Waals surface area contributed by atoms with Crippen molar-refractivity contribution in [1.29, 1.82) is 0 Å². The minimum Gasteiger partial charge on any atom is -0.870 e. The molecule has 9 heavy (non-hydrogen) atoms. The molecule has 0 rings (SSSR count). The molecular weight excluding hydrogens is 114 g/mol. The third-order valence-corrected chi connectivity index (χ3v) is 1.68. The average Bonchev–Trinajstić information content (AvgIpc) is 1.67. The molecule has 0 aliphatic rings. The minimum atomic E-state index is 0. The molecule has 0 bridgehead atoms. The molecule has 0 amide bonds. The van der Waals surface area contributed by atoms with Crippen molar-refractivity contribution in [2.24, 2.45) is 0 Å². The quantitative estimate of drug-likeness (QED) is 0.534. The van der Waals surface area contributed by atoms with E-state index in [9.17, 15) is 0 Å². The summed E-state index contributed by atoms with van der Waals surface area (Å²) < 4.78 is 1.16. The Morgan fingerprint density at radius 2 is 1.56 bits per heavy atom. The van der Waals surface area contributed by atoms with Crippen molar-refractivity contribution in [3.05, 3.63) is 0 Å². The number of hydrogen-bond donors (Lipinski definition) is 0. The molecule has 58 valence electrons. The van der Waals surface area contributed by atoms with Gasteiger partial charge >= 0.3 is 0 Å². The van der Waals surface area contributed by atoms with Crippen LogP contribution in [-0.4, -0.2) is 37.1 Å². The zero-order chi connectivity index (χ0) is 6.62. The summed E-state index contributed by atoms with van der Waals surface area (Å²) in [5.41, 5.74) is 0. The van der Waals surface area contributed by atoms with Gasteiger partial charge in [0.05, 0.1) is 27.2 Å². The molecule has 0 fully saturated rings. The van der Waals surface area contributed by atoms with Gasteiger partial charge in [0, 0.05) is 0 Å². The van der Waals surface area contributed by atoms with Crippen LogP contribution in [0.2, 0.25) is 0 Å². The standard InChI is InChI=1S/C7H18N.H2O/c1-5-7-8(3,4)6-2;/h5-7H2,1-4H3;1H2/q+1;/p-1. The van der Waals surface area contributed by atoms with Gasteiger partial charge in [-0.05, 0) is 13.3 Å². The molecule has 2 heteroatoms. The Labute approximate surface area is 58.4 Å². The monoisotopic (exact) mass is 133 g/mol. The predicted octanol–water partition coefficient (Wildman–Crippen LogP) is 1.32. The molecule has 0 aromatic carbocycles. The molecule has 0 aliphatic carbocycles. The second-order valence-electron chi connectivity index (χ2n) is 2.98. The van der Waals surface area contributed by atoms with E-state index in [1.54, 1.807) is 0 Å². The van der Waals surface area contributed by atoms with Crippen molar-refractivity contribution in [3.8, 4) is 0 Å². The molecular formula is C7H19NO. The molecule has 0 saturated heterocycles. The van der Waals surface area contributed by atoms with E-state index in [4.69, 9.17) is 0 Å². The fourth-order valence-electron chi connectivity index (χ4n) is 0.763. The van der Waals surface area contributed by atoms with E-state index in [1.165, 1.54) is 19.5 Å². The summed E-state index contributed by atoms with van der Waals surface area (Å²) in [6.07, 6.45) is 1.29. The lowest BCUT2D eigenvalue weighted by atomic mass is 10.4. The first-order valence-corrected chi connectivity index (χ1v) is 3.44. The van der Waals surface area contributed by atoms with E-state index in [0.29, 0.717) is 0 Å². The molecule has 0 aliphatic heterocycles. The van der Waals surface area contributed by atoms with E-state index in [-0.39, 0.29) is 5.48 Å². The summed E-state index contributed by atoms with van der Waals surface area (Å²) in [7, 11) is 4.53. The van der Waals surface area contributed by atoms with Crippen molar-refractivity contribution in [1.82, 2.24) is 0 Å². The SMILES string of the molecule is CCC[N+](C)(C)CC.[OH-]. The summed E-state index contributed by atoms with van der Waals surface area (Å²) in [5.74, 6) is 0. The maximum absolute atomic E-state index is 2.27. The highest BCUT2D eigenvalue weighted by Gasteiger charge is 2.07. The zero-order valence-corrected chi connectivity index (χ0v) is 7.02. The van der Waals surface area contributed by atoms with E-state index in [0.717, 1.165) is 4.48 Å². The van der Waals surface area contributed by atoms with Crippen molar-refractivity contribution in [2.75, 3.05) is 27.2 Å². The van der Waals surface area contributed by atoms with E-state index >= 15 is 0 Å². The average molecular weight is 133 g/mol. The van der Waals surface area contributed by atoms with Crippen LogP contribution in [-0.2, 0) is 0 Å². The molecule has 0 aromatic heterocycles. The first kappa shape index (κ1) is 11.7. The number of hydrogen-bond acceptors (Lipinski definition) is 1. The highest BCUT2D eigenvalue weighted by molar-refractivity contribution is 4.25. The molecule has 0 atom stereocenters. The van der Waals surface area contributed by atoms with Gasteiger partial charge in [0.2, 0.25) is 0 Å². The predicted molar refractivity (Wildman–Crippen MR) is 39.7 cm³/mol. The largest absolute Gasteiger partial charge is 0.870 e. The highest BCUT2D eigenvalue weighted by Crippen LogP contribution is 1.95. The van der Waals surface area contributed by atoms with Crippen LogP contribution in [0.5, 0.6) is 0 Å². The Hall–Kier alpha value is -0.0800. The maximum atomic E-state index is 2.27. The van der Waals surface area contributed by atoms with Crippen LogP contribution in [0, 0.1) is 0 Å². The highest BCUT2D eigenvalue weighted by atomic mass is 16.0. The molecule has 0 aromatic rings. The second kappa shape index (κ2) is 4.77. The Balaban J connectivity index is 0. The molecule has 1 N–H and O–H groups in total. The zero-order valence-electron chi connectivity index (χ0n) is 7.02. The second-order valence-corrected chi connectivity index (χ2v) is 2.98. The lowest BCUT2D eigenvalue weighted by Crippen LogP contribution is -2.39. The molecule has 0 unspecified atom stereocenters. The third-order valence-electron chi connectivity index (χ3n) is 1.68. The Morgan fingerprint density at radius 3 is 1.67 bits per heavy atom. The molecule has 0 radical (unpaired) electrons. The normalized spacial score (nSPS) is 10.7. The maximum Gasteiger partial charge on any atom is 0.0779 e. The van der Waals surface area contributed by atoms with Gasteiger partial charge in [-0.15, -0.1) is 0 Å². The van der Waals surface area contributed by atoms with Crippen molar-refractivity contribution >= 4 is 0 Å². The van der Waals surface area contributed by atoms with Crippen LogP contribution in [0.4, 0.5) is 0 Å². The van der Waals surface area contributed by atoms with Crippen molar-refractivity contribution in [2.45, 2.75) is 20.3 Å². The summed E-state index contributed by atoms with van der Waals surface area (Å²) in [5, 5.41) is 0. The van der Waals surface area contributed by atoms with Gasteiger partial charge in [0.1, 0.15) is 0 Å². The van der Waals surface area contributed by atoms with Gasteiger partial charge in [-0.2, -0.15) is 0 Å². The molecule has 0 saturated carbocycles. The Morgan fingerprint density at radius 1 is 1.11 bits per heavy atom. The summed E-state index contributed by atoms with van der Waals surface area (Å²) in [4.78, 5) is 0. The first-order chi connectivity index (χ1) is 3.62. The smallest absolute Gasteiger partial charge is 0.0779 e. The fraction of sp³-hybridized carbons (Fsp3) is 1.00. The van der Waals surface area contributed by atoms with Gasteiger partial charge < -0.3 is 9.96 Å².